The summed E-state index contributed by atoms with van der Waals surface area (Å²) < 4.78 is 10.4. The first kappa shape index (κ1) is 21.4. The zero-order chi connectivity index (χ0) is 22.7. The summed E-state index contributed by atoms with van der Waals surface area (Å²) >= 11 is 0. The van der Waals surface area contributed by atoms with Crippen LogP contribution in [-0.4, -0.2) is 38.3 Å². The summed E-state index contributed by atoms with van der Waals surface area (Å²) in [5.74, 6) is 0.156. The number of hydrogen-bond donors (Lipinski definition) is 2. The van der Waals surface area contributed by atoms with E-state index in [1.165, 1.54) is 30.7 Å². The van der Waals surface area contributed by atoms with Crippen LogP contribution in [0.5, 0.6) is 11.5 Å². The molecular weight excluding hydrogens is 406 g/mol. The van der Waals surface area contributed by atoms with Crippen molar-refractivity contribution in [3.8, 4) is 11.5 Å². The minimum absolute atomic E-state index is 0.201. The third-order valence-corrected chi connectivity index (χ3v) is 5.67. The van der Waals surface area contributed by atoms with Gasteiger partial charge in [-0.2, -0.15) is 5.10 Å². The van der Waals surface area contributed by atoms with Crippen molar-refractivity contribution in [1.82, 2.24) is 10.7 Å². The Bertz CT molecular complexity index is 1220. The van der Waals surface area contributed by atoms with E-state index in [0.717, 1.165) is 23.8 Å². The van der Waals surface area contributed by atoms with E-state index in [1.54, 1.807) is 18.2 Å². The van der Waals surface area contributed by atoms with Crippen molar-refractivity contribution < 1.29 is 19.1 Å². The summed E-state index contributed by atoms with van der Waals surface area (Å²) in [6.07, 6.45) is 2.12. The van der Waals surface area contributed by atoms with E-state index in [4.69, 9.17) is 9.47 Å². The van der Waals surface area contributed by atoms with Crippen LogP contribution in [0.25, 0.3) is 10.8 Å². The van der Waals surface area contributed by atoms with Gasteiger partial charge in [0.1, 0.15) is 0 Å². The van der Waals surface area contributed by atoms with Crippen LogP contribution >= 0.6 is 0 Å². The lowest BCUT2D eigenvalue weighted by molar-refractivity contribution is -0.120. The Morgan fingerprint density at radius 1 is 0.969 bits per heavy atom. The molecule has 0 radical (unpaired) electrons. The first-order valence-corrected chi connectivity index (χ1v) is 10.4. The molecule has 1 aliphatic carbocycles. The number of methoxy groups -OCH3 is 2. The molecule has 7 heteroatoms. The second kappa shape index (κ2) is 9.09. The van der Waals surface area contributed by atoms with Crippen molar-refractivity contribution in [2.75, 3.05) is 20.8 Å². The minimum atomic E-state index is -0.413. The second-order valence-electron chi connectivity index (χ2n) is 7.60. The van der Waals surface area contributed by atoms with Gasteiger partial charge < -0.3 is 14.8 Å². The van der Waals surface area contributed by atoms with Gasteiger partial charge in [0.2, 0.25) is 0 Å². The highest BCUT2D eigenvalue weighted by Gasteiger charge is 2.17. The third kappa shape index (κ3) is 4.14. The molecule has 3 aromatic carbocycles. The zero-order valence-electron chi connectivity index (χ0n) is 18.3. The van der Waals surface area contributed by atoms with E-state index in [0.29, 0.717) is 22.8 Å². The molecule has 32 heavy (non-hydrogen) atoms. The lowest BCUT2D eigenvalue weighted by Gasteiger charge is -2.10. The molecule has 2 N–H and O–H groups in total. The van der Waals surface area contributed by atoms with Gasteiger partial charge in [-0.15, -0.1) is 0 Å². The van der Waals surface area contributed by atoms with Crippen LogP contribution in [0.1, 0.15) is 34.0 Å². The number of aryl methyl sites for hydroxylation is 2. The smallest absolute Gasteiger partial charge is 0.259 e. The predicted octanol–water partition coefficient (Wildman–Crippen LogP) is 3.23. The fraction of sp³-hybridized carbons (Fsp3) is 0.240. The Labute approximate surface area is 186 Å². The molecule has 0 fully saturated rings. The number of benzene rings is 3. The summed E-state index contributed by atoms with van der Waals surface area (Å²) in [6, 6.07) is 15.3. The molecule has 2 amide bonds. The summed E-state index contributed by atoms with van der Waals surface area (Å²) in [4.78, 5) is 24.6. The number of carbonyl (C=O) groups is 2. The lowest BCUT2D eigenvalue weighted by atomic mass is 9.98. The average Bonchev–Trinajstić information content (AvgIpc) is 3.25. The molecule has 7 nitrogen and oxygen atoms in total. The van der Waals surface area contributed by atoms with E-state index >= 15 is 0 Å². The Balaban J connectivity index is 1.40. The van der Waals surface area contributed by atoms with Gasteiger partial charge in [0.25, 0.3) is 11.8 Å². The molecule has 0 spiro atoms. The molecule has 0 heterocycles. The van der Waals surface area contributed by atoms with Gasteiger partial charge in [0.05, 0.1) is 26.5 Å². The number of nitrogens with zero attached hydrogens (tertiary/aromatic N) is 1. The maximum absolute atomic E-state index is 12.4. The van der Waals surface area contributed by atoms with Crippen LogP contribution in [0.3, 0.4) is 0 Å². The summed E-state index contributed by atoms with van der Waals surface area (Å²) in [6.45, 7) is 1.66. The van der Waals surface area contributed by atoms with Crippen molar-refractivity contribution in [2.45, 2.75) is 19.8 Å². The molecule has 0 bridgehead atoms. The van der Waals surface area contributed by atoms with Gasteiger partial charge in [-0.25, -0.2) is 5.43 Å². The molecule has 3 aromatic rings. The Kier molecular flexibility index (Phi) is 6.07. The van der Waals surface area contributed by atoms with E-state index in [1.807, 2.05) is 6.92 Å². The van der Waals surface area contributed by atoms with Crippen LogP contribution in [0.2, 0.25) is 0 Å². The van der Waals surface area contributed by atoms with E-state index < -0.39 is 11.8 Å². The minimum Gasteiger partial charge on any atom is -0.493 e. The normalized spacial score (nSPS) is 12.5. The Hall–Kier alpha value is -3.87. The van der Waals surface area contributed by atoms with Crippen molar-refractivity contribution in [1.29, 1.82) is 0 Å². The highest BCUT2D eigenvalue weighted by Crippen LogP contribution is 2.33. The molecule has 0 aromatic heterocycles. The standard InChI is InChI=1S/C25H25N3O4/c1-15(19-11-9-17-8-7-16-5-4-6-20(19)24(16)17)27-28-23(29)14-26-25(30)18-10-12-21(31-2)22(13-18)32-3/h4-6,9-13H,7-8,14H2,1-3H3,(H,26,30)(H,28,29)/b27-15-. The highest BCUT2D eigenvalue weighted by atomic mass is 16.5. The van der Waals surface area contributed by atoms with Crippen molar-refractivity contribution >= 4 is 28.3 Å². The first-order chi connectivity index (χ1) is 15.5. The van der Waals surface area contributed by atoms with Gasteiger partial charge in [-0.3, -0.25) is 9.59 Å². The number of rotatable bonds is 7. The van der Waals surface area contributed by atoms with Crippen molar-refractivity contribution in [3.63, 3.8) is 0 Å². The topological polar surface area (TPSA) is 89.0 Å². The summed E-state index contributed by atoms with van der Waals surface area (Å²) in [5.41, 5.74) is 7.30. The molecule has 1 aliphatic rings. The van der Waals surface area contributed by atoms with Crippen molar-refractivity contribution in [3.05, 3.63) is 70.8 Å². The molecule has 164 valence electrons. The maximum atomic E-state index is 12.4. The number of carbonyl (C=O) groups excluding carboxylic acids is 2. The fourth-order valence-electron chi connectivity index (χ4n) is 4.05. The average molecular weight is 431 g/mol. The number of amides is 2. The molecule has 0 atom stereocenters. The van der Waals surface area contributed by atoms with E-state index in [2.05, 4.69) is 46.2 Å². The molecule has 0 unspecified atom stereocenters. The van der Waals surface area contributed by atoms with Crippen LogP contribution in [0.15, 0.2) is 53.6 Å². The van der Waals surface area contributed by atoms with Gasteiger partial charge in [0.15, 0.2) is 11.5 Å². The van der Waals surface area contributed by atoms with Crippen LogP contribution in [-0.2, 0) is 17.6 Å². The molecule has 0 aliphatic heterocycles. The van der Waals surface area contributed by atoms with Crippen LogP contribution in [0, 0.1) is 0 Å². The SMILES string of the molecule is COc1ccc(C(=O)NCC(=O)N/N=C(/C)c2ccc3c4c(cccc24)CC3)cc1OC. The quantitative estimate of drug-likeness (QED) is 0.444. The zero-order valence-corrected chi connectivity index (χ0v) is 18.3. The molecule has 4 rings (SSSR count). The number of ether oxygens (including phenoxy) is 2. The van der Waals surface area contributed by atoms with E-state index in [9.17, 15) is 9.59 Å². The van der Waals surface area contributed by atoms with Gasteiger partial charge in [0, 0.05) is 11.1 Å². The van der Waals surface area contributed by atoms with Gasteiger partial charge in [-0.05, 0) is 59.9 Å². The Morgan fingerprint density at radius 2 is 1.72 bits per heavy atom. The van der Waals surface area contributed by atoms with Gasteiger partial charge >= 0.3 is 0 Å². The van der Waals surface area contributed by atoms with Gasteiger partial charge in [-0.1, -0.05) is 30.3 Å². The summed E-state index contributed by atoms with van der Waals surface area (Å²) in [5, 5.41) is 9.29. The van der Waals surface area contributed by atoms with Crippen molar-refractivity contribution in [2.24, 2.45) is 5.10 Å². The second-order valence-corrected chi connectivity index (χ2v) is 7.60. The molecule has 0 saturated heterocycles. The third-order valence-electron chi connectivity index (χ3n) is 5.67. The number of nitrogens with one attached hydrogen (secondary N) is 2. The maximum Gasteiger partial charge on any atom is 0.259 e. The van der Waals surface area contributed by atoms with Crippen LogP contribution < -0.4 is 20.2 Å². The number of hydrogen-bond acceptors (Lipinski definition) is 5. The monoisotopic (exact) mass is 431 g/mol. The predicted molar refractivity (Wildman–Crippen MR) is 124 cm³/mol. The highest BCUT2D eigenvalue weighted by molar-refractivity contribution is 6.11. The molecular formula is C25H25N3O4. The number of hydrazone groups is 1. The van der Waals surface area contributed by atoms with E-state index in [-0.39, 0.29) is 6.54 Å². The summed E-state index contributed by atoms with van der Waals surface area (Å²) in [7, 11) is 3.02. The van der Waals surface area contributed by atoms with Crippen LogP contribution in [0.4, 0.5) is 0 Å². The Morgan fingerprint density at radius 3 is 2.47 bits per heavy atom. The first-order valence-electron chi connectivity index (χ1n) is 10.4. The lowest BCUT2D eigenvalue weighted by Crippen LogP contribution is -2.35. The fourth-order valence-corrected chi connectivity index (χ4v) is 4.05. The molecule has 0 saturated carbocycles. The largest absolute Gasteiger partial charge is 0.493 e.